The maximum Gasteiger partial charge on any atom is 0.319 e. The van der Waals surface area contributed by atoms with Gasteiger partial charge in [-0.3, -0.25) is 0 Å². The van der Waals surface area contributed by atoms with Gasteiger partial charge in [0.1, 0.15) is 5.69 Å². The van der Waals surface area contributed by atoms with Crippen LogP contribution in [0, 0.1) is 17.8 Å². The fourth-order valence-corrected chi connectivity index (χ4v) is 2.90. The summed E-state index contributed by atoms with van der Waals surface area (Å²) in [5, 5.41) is 15.4. The van der Waals surface area contributed by atoms with Gasteiger partial charge in [0.05, 0.1) is 6.10 Å². The van der Waals surface area contributed by atoms with E-state index in [9.17, 15) is 9.90 Å². The van der Waals surface area contributed by atoms with Gasteiger partial charge >= 0.3 is 6.03 Å². The number of amides is 2. The van der Waals surface area contributed by atoms with Crippen LogP contribution >= 0.6 is 0 Å². The highest BCUT2D eigenvalue weighted by atomic mass is 16.3. The van der Waals surface area contributed by atoms with Crippen LogP contribution in [0.5, 0.6) is 0 Å². The van der Waals surface area contributed by atoms with Crippen molar-refractivity contribution in [3.63, 3.8) is 0 Å². The average molecular weight is 335 g/mol. The van der Waals surface area contributed by atoms with Crippen LogP contribution in [0.15, 0.2) is 48.7 Å². The Morgan fingerprint density at radius 2 is 2.12 bits per heavy atom. The van der Waals surface area contributed by atoms with Crippen molar-refractivity contribution in [3.8, 4) is 11.8 Å². The third-order valence-corrected chi connectivity index (χ3v) is 4.26. The maximum atomic E-state index is 12.0. The number of hydrogen-bond donors (Lipinski definition) is 3. The molecule has 2 amide bonds. The molecular weight excluding hydrogens is 314 g/mol. The monoisotopic (exact) mass is 335 g/mol. The highest BCUT2D eigenvalue weighted by Gasteiger charge is 2.25. The summed E-state index contributed by atoms with van der Waals surface area (Å²) in [5.41, 5.74) is 2.18. The average Bonchev–Trinajstić information content (AvgIpc) is 3.04. The van der Waals surface area contributed by atoms with Crippen molar-refractivity contribution in [3.05, 3.63) is 59.9 Å². The second-order valence-electron chi connectivity index (χ2n) is 6.14. The molecule has 1 heterocycles. The van der Waals surface area contributed by atoms with Crippen molar-refractivity contribution >= 4 is 11.7 Å². The molecule has 0 saturated heterocycles. The van der Waals surface area contributed by atoms with Gasteiger partial charge in [-0.05, 0) is 49.1 Å². The summed E-state index contributed by atoms with van der Waals surface area (Å²) in [4.78, 5) is 16.2. The van der Waals surface area contributed by atoms with E-state index in [0.29, 0.717) is 17.9 Å². The topological polar surface area (TPSA) is 74.2 Å². The first-order valence-corrected chi connectivity index (χ1v) is 8.47. The van der Waals surface area contributed by atoms with E-state index < -0.39 is 0 Å². The molecule has 5 heteroatoms. The predicted octanol–water partition coefficient (Wildman–Crippen LogP) is 2.76. The van der Waals surface area contributed by atoms with Crippen LogP contribution < -0.4 is 10.6 Å². The van der Waals surface area contributed by atoms with Gasteiger partial charge in [-0.2, -0.15) is 0 Å². The summed E-state index contributed by atoms with van der Waals surface area (Å²) in [6.45, 7) is 0.492. The molecule has 0 spiro atoms. The molecule has 0 radical (unpaired) electrons. The summed E-state index contributed by atoms with van der Waals surface area (Å²) in [5.74, 6) is 6.19. The van der Waals surface area contributed by atoms with Gasteiger partial charge in [-0.15, -0.1) is 0 Å². The molecular formula is C20H21N3O2. The molecule has 3 N–H and O–H groups in total. The first kappa shape index (κ1) is 17.0. The van der Waals surface area contributed by atoms with Gasteiger partial charge in [-0.25, -0.2) is 9.78 Å². The van der Waals surface area contributed by atoms with E-state index in [4.69, 9.17) is 0 Å². The van der Waals surface area contributed by atoms with Gasteiger partial charge in [-0.1, -0.05) is 24.5 Å². The number of benzene rings is 1. The molecule has 0 unspecified atom stereocenters. The third-order valence-electron chi connectivity index (χ3n) is 4.26. The molecule has 3 rings (SSSR count). The SMILES string of the molecule is O=C(NC[C@@H]1CCC[C@@H]1O)Nc1cccc(C#Cc2ccccn2)c1. The van der Waals surface area contributed by atoms with Gasteiger partial charge in [0.15, 0.2) is 0 Å². The zero-order valence-electron chi connectivity index (χ0n) is 13.9. The predicted molar refractivity (Wildman–Crippen MR) is 97.0 cm³/mol. The molecule has 25 heavy (non-hydrogen) atoms. The maximum absolute atomic E-state index is 12.0. The normalized spacial score (nSPS) is 18.9. The summed E-state index contributed by atoms with van der Waals surface area (Å²) < 4.78 is 0. The standard InChI is InChI=1S/C20H21N3O2/c24-19-9-4-6-16(19)14-22-20(25)23-18-8-3-5-15(13-18)10-11-17-7-1-2-12-21-17/h1-3,5,7-8,12-13,16,19,24H,4,6,9,14H2,(H2,22,23,25)/t16-,19-/m0/s1. The molecule has 1 fully saturated rings. The fraction of sp³-hybridized carbons (Fsp3) is 0.300. The summed E-state index contributed by atoms with van der Waals surface area (Å²) in [6, 6.07) is 12.7. The van der Waals surface area contributed by atoms with Crippen molar-refractivity contribution < 1.29 is 9.90 Å². The fourth-order valence-electron chi connectivity index (χ4n) is 2.90. The zero-order valence-corrected chi connectivity index (χ0v) is 13.9. The quantitative estimate of drug-likeness (QED) is 0.755. The number of hydrogen-bond acceptors (Lipinski definition) is 3. The van der Waals surface area contributed by atoms with Crippen LogP contribution in [0.1, 0.15) is 30.5 Å². The molecule has 1 aromatic heterocycles. The number of nitrogens with zero attached hydrogens (tertiary/aromatic N) is 1. The number of aromatic nitrogens is 1. The Kier molecular flexibility index (Phi) is 5.65. The van der Waals surface area contributed by atoms with Gasteiger partial charge < -0.3 is 15.7 Å². The smallest absolute Gasteiger partial charge is 0.319 e. The minimum atomic E-state index is -0.300. The number of urea groups is 1. The first-order valence-electron chi connectivity index (χ1n) is 8.47. The van der Waals surface area contributed by atoms with E-state index in [-0.39, 0.29) is 18.1 Å². The largest absolute Gasteiger partial charge is 0.393 e. The summed E-state index contributed by atoms with van der Waals surface area (Å²) >= 11 is 0. The van der Waals surface area contributed by atoms with Crippen LogP contribution in [0.4, 0.5) is 10.5 Å². The lowest BCUT2D eigenvalue weighted by molar-refractivity contribution is 0.133. The number of aliphatic hydroxyl groups excluding tert-OH is 1. The number of carbonyl (C=O) groups excluding carboxylic acids is 1. The Bertz CT molecular complexity index is 780. The lowest BCUT2D eigenvalue weighted by Crippen LogP contribution is -2.35. The van der Waals surface area contributed by atoms with Crippen LogP contribution in [0.2, 0.25) is 0 Å². The van der Waals surface area contributed by atoms with Gasteiger partial charge in [0.2, 0.25) is 0 Å². The minimum Gasteiger partial charge on any atom is -0.393 e. The second-order valence-corrected chi connectivity index (χ2v) is 6.14. The van der Waals surface area contributed by atoms with Gasteiger partial charge in [0.25, 0.3) is 0 Å². The highest BCUT2D eigenvalue weighted by Crippen LogP contribution is 2.24. The Labute approximate surface area is 147 Å². The number of anilines is 1. The molecule has 1 saturated carbocycles. The third kappa shape index (κ3) is 5.07. The van der Waals surface area contributed by atoms with Crippen molar-refractivity contribution in [2.45, 2.75) is 25.4 Å². The van der Waals surface area contributed by atoms with Crippen LogP contribution in [-0.4, -0.2) is 28.8 Å². The van der Waals surface area contributed by atoms with Crippen molar-refractivity contribution in [2.75, 3.05) is 11.9 Å². The molecule has 128 valence electrons. The van der Waals surface area contributed by atoms with Crippen LogP contribution in [0.3, 0.4) is 0 Å². The number of carbonyl (C=O) groups is 1. The van der Waals surface area contributed by atoms with E-state index >= 15 is 0 Å². The van der Waals surface area contributed by atoms with E-state index in [1.165, 1.54) is 0 Å². The van der Waals surface area contributed by atoms with Crippen molar-refractivity contribution in [1.82, 2.24) is 10.3 Å². The van der Waals surface area contributed by atoms with E-state index in [1.807, 2.05) is 42.5 Å². The molecule has 5 nitrogen and oxygen atoms in total. The number of pyridine rings is 1. The van der Waals surface area contributed by atoms with Gasteiger partial charge in [0, 0.05) is 29.9 Å². The van der Waals surface area contributed by atoms with E-state index in [0.717, 1.165) is 24.8 Å². The number of nitrogens with one attached hydrogen (secondary N) is 2. The van der Waals surface area contributed by atoms with E-state index in [1.54, 1.807) is 6.20 Å². The number of rotatable bonds is 3. The summed E-state index contributed by atoms with van der Waals surface area (Å²) in [7, 11) is 0. The molecule has 0 aliphatic heterocycles. The number of aliphatic hydroxyl groups is 1. The first-order chi connectivity index (χ1) is 12.2. The Morgan fingerprint density at radius 1 is 1.20 bits per heavy atom. The molecule has 1 aromatic carbocycles. The zero-order chi connectivity index (χ0) is 17.5. The molecule has 0 bridgehead atoms. The summed E-state index contributed by atoms with van der Waals surface area (Å²) in [6.07, 6.45) is 4.20. The minimum absolute atomic E-state index is 0.154. The highest BCUT2D eigenvalue weighted by molar-refractivity contribution is 5.89. The van der Waals surface area contributed by atoms with Crippen LogP contribution in [-0.2, 0) is 0 Å². The molecule has 1 aliphatic carbocycles. The Morgan fingerprint density at radius 3 is 2.88 bits per heavy atom. The van der Waals surface area contributed by atoms with Crippen LogP contribution in [0.25, 0.3) is 0 Å². The lowest BCUT2D eigenvalue weighted by atomic mass is 10.1. The molecule has 2 aromatic rings. The lowest BCUT2D eigenvalue weighted by Gasteiger charge is -2.15. The molecule has 2 atom stereocenters. The van der Waals surface area contributed by atoms with E-state index in [2.05, 4.69) is 27.5 Å². The van der Waals surface area contributed by atoms with Crippen molar-refractivity contribution in [1.29, 1.82) is 0 Å². The second kappa shape index (κ2) is 8.32. The molecule has 1 aliphatic rings. The van der Waals surface area contributed by atoms with Crippen molar-refractivity contribution in [2.24, 2.45) is 5.92 Å². The Balaban J connectivity index is 1.56. The Hall–Kier alpha value is -2.84.